The average Bonchev–Trinajstić information content (AvgIpc) is 3.34. The minimum absolute atomic E-state index is 0.0402. The third-order valence-corrected chi connectivity index (χ3v) is 5.89. The quantitative estimate of drug-likeness (QED) is 0.271. The summed E-state index contributed by atoms with van der Waals surface area (Å²) in [5, 5.41) is 21.8. The molecule has 0 bridgehead atoms. The van der Waals surface area contributed by atoms with Gasteiger partial charge in [-0.15, -0.1) is 0 Å². The second kappa shape index (κ2) is 8.71. The summed E-state index contributed by atoms with van der Waals surface area (Å²) in [5.41, 5.74) is 1.04. The first-order valence-corrected chi connectivity index (χ1v) is 10.4. The number of nitro benzene ring substituents is 2. The molecule has 0 unspecified atom stereocenters. The lowest BCUT2D eigenvalue weighted by Gasteiger charge is -2.12. The van der Waals surface area contributed by atoms with Crippen LogP contribution in [0.25, 0.3) is 17.4 Å². The maximum Gasteiger partial charge on any atom is 0.293 e. The first kappa shape index (κ1) is 22.0. The largest absolute Gasteiger partial charge is 0.457 e. The molecule has 1 aliphatic rings. The van der Waals surface area contributed by atoms with Gasteiger partial charge in [0.15, 0.2) is 0 Å². The molecule has 0 saturated carbocycles. The third kappa shape index (κ3) is 4.39. The lowest BCUT2D eigenvalue weighted by Crippen LogP contribution is -2.27. The number of nitro groups is 2. The fraction of sp³-hybridized carbons (Fsp3) is 0.0909. The maximum absolute atomic E-state index is 12.8. The van der Waals surface area contributed by atoms with Gasteiger partial charge < -0.3 is 4.42 Å². The van der Waals surface area contributed by atoms with Gasteiger partial charge in [-0.25, -0.2) is 0 Å². The minimum atomic E-state index is -0.591. The molecule has 0 N–H and O–H groups in total. The van der Waals surface area contributed by atoms with Crippen molar-refractivity contribution < 1.29 is 23.9 Å². The van der Waals surface area contributed by atoms with Gasteiger partial charge in [0, 0.05) is 34.9 Å². The number of benzene rings is 2. The van der Waals surface area contributed by atoms with Gasteiger partial charge in [0.05, 0.1) is 21.3 Å². The molecule has 166 valence electrons. The smallest absolute Gasteiger partial charge is 0.293 e. The molecular weight excluding hydrogens is 450 g/mol. The average molecular weight is 465 g/mol. The minimum Gasteiger partial charge on any atom is -0.457 e. The Morgan fingerprint density at radius 3 is 2.45 bits per heavy atom. The number of carbonyl (C=O) groups is 2. The Morgan fingerprint density at radius 2 is 1.73 bits per heavy atom. The Labute approximate surface area is 190 Å². The number of hydrogen-bond acceptors (Lipinski definition) is 8. The van der Waals surface area contributed by atoms with Crippen LogP contribution in [0.2, 0.25) is 0 Å². The number of rotatable bonds is 6. The standard InChI is InChI=1S/C22H15N3O7S/c1-13-6-7-14(10-18(13)25(30)31)19-9-8-16(32-19)11-20-21(26)23(22(27)33-20)12-15-4-2-3-5-17(15)24(28)29/h2-11H,12H2,1H3/b20-11+. The summed E-state index contributed by atoms with van der Waals surface area (Å²) in [6.45, 7) is 1.41. The lowest BCUT2D eigenvalue weighted by molar-refractivity contribution is -0.385. The highest BCUT2D eigenvalue weighted by atomic mass is 32.2. The SMILES string of the molecule is Cc1ccc(-c2ccc(/C=C3/SC(=O)N(Cc4ccccc4[N+](=O)[O-])C3=O)o2)cc1[N+](=O)[O-]. The van der Waals surface area contributed by atoms with Crippen LogP contribution in [0.5, 0.6) is 0 Å². The summed E-state index contributed by atoms with van der Waals surface area (Å²) in [5.74, 6) is 0.0555. The van der Waals surface area contributed by atoms with Gasteiger partial charge in [0.25, 0.3) is 22.5 Å². The van der Waals surface area contributed by atoms with Gasteiger partial charge in [0.2, 0.25) is 0 Å². The van der Waals surface area contributed by atoms with E-state index in [0.29, 0.717) is 28.6 Å². The Balaban J connectivity index is 1.57. The van der Waals surface area contributed by atoms with Crippen molar-refractivity contribution in [3.8, 4) is 11.3 Å². The molecule has 2 aromatic carbocycles. The fourth-order valence-electron chi connectivity index (χ4n) is 3.30. The van der Waals surface area contributed by atoms with Crippen LogP contribution >= 0.6 is 11.8 Å². The molecule has 0 spiro atoms. The molecule has 2 amide bonds. The van der Waals surface area contributed by atoms with Gasteiger partial charge in [0.1, 0.15) is 11.5 Å². The van der Waals surface area contributed by atoms with E-state index >= 15 is 0 Å². The summed E-state index contributed by atoms with van der Waals surface area (Å²) in [4.78, 5) is 47.6. The molecule has 11 heteroatoms. The van der Waals surface area contributed by atoms with Crippen molar-refractivity contribution in [1.82, 2.24) is 4.90 Å². The van der Waals surface area contributed by atoms with E-state index in [1.54, 1.807) is 37.3 Å². The van der Waals surface area contributed by atoms with Crippen LogP contribution < -0.4 is 0 Å². The second-order valence-electron chi connectivity index (χ2n) is 7.11. The molecule has 0 radical (unpaired) electrons. The molecule has 1 aromatic heterocycles. The number of nitrogens with zero attached hydrogens (tertiary/aromatic N) is 3. The Hall–Kier alpha value is -4.25. The van der Waals surface area contributed by atoms with Gasteiger partial charge in [-0.2, -0.15) is 0 Å². The third-order valence-electron chi connectivity index (χ3n) is 4.98. The maximum atomic E-state index is 12.8. The number of imide groups is 1. The first-order valence-electron chi connectivity index (χ1n) is 9.57. The van der Waals surface area contributed by atoms with Crippen molar-refractivity contribution in [2.45, 2.75) is 13.5 Å². The van der Waals surface area contributed by atoms with Crippen LogP contribution in [0.3, 0.4) is 0 Å². The zero-order valence-electron chi connectivity index (χ0n) is 17.1. The predicted octanol–water partition coefficient (Wildman–Crippen LogP) is 5.31. The van der Waals surface area contributed by atoms with E-state index < -0.39 is 21.0 Å². The molecule has 4 rings (SSSR count). The molecule has 33 heavy (non-hydrogen) atoms. The molecule has 3 aromatic rings. The summed E-state index contributed by atoms with van der Waals surface area (Å²) < 4.78 is 5.71. The number of para-hydroxylation sites is 1. The molecule has 0 aliphatic carbocycles. The van der Waals surface area contributed by atoms with Crippen molar-refractivity contribution >= 4 is 40.4 Å². The number of aryl methyl sites for hydroxylation is 1. The van der Waals surface area contributed by atoms with Gasteiger partial charge >= 0.3 is 0 Å². The first-order chi connectivity index (χ1) is 15.7. The summed E-state index contributed by atoms with van der Waals surface area (Å²) in [7, 11) is 0. The van der Waals surface area contributed by atoms with Gasteiger partial charge in [-0.1, -0.05) is 30.3 Å². The van der Waals surface area contributed by atoms with E-state index in [1.165, 1.54) is 30.3 Å². The van der Waals surface area contributed by atoms with Crippen LogP contribution in [-0.2, 0) is 11.3 Å². The molecule has 2 heterocycles. The zero-order chi connectivity index (χ0) is 23.7. The fourth-order valence-corrected chi connectivity index (χ4v) is 4.12. The van der Waals surface area contributed by atoms with E-state index in [1.807, 2.05) is 0 Å². The highest BCUT2D eigenvalue weighted by molar-refractivity contribution is 8.18. The number of thioether (sulfide) groups is 1. The second-order valence-corrected chi connectivity index (χ2v) is 8.11. The monoisotopic (exact) mass is 465 g/mol. The van der Waals surface area contributed by atoms with Crippen LogP contribution in [0.15, 0.2) is 63.9 Å². The van der Waals surface area contributed by atoms with E-state index in [4.69, 9.17) is 4.42 Å². The van der Waals surface area contributed by atoms with Crippen molar-refractivity contribution in [2.75, 3.05) is 0 Å². The Morgan fingerprint density at radius 1 is 1.00 bits per heavy atom. The molecule has 1 aliphatic heterocycles. The predicted molar refractivity (Wildman–Crippen MR) is 120 cm³/mol. The number of carbonyl (C=O) groups excluding carboxylic acids is 2. The summed E-state index contributed by atoms with van der Waals surface area (Å²) >= 11 is 0.703. The van der Waals surface area contributed by atoms with Gasteiger partial charge in [-0.3, -0.25) is 34.7 Å². The van der Waals surface area contributed by atoms with Crippen molar-refractivity contribution in [2.24, 2.45) is 0 Å². The number of hydrogen-bond donors (Lipinski definition) is 0. The van der Waals surface area contributed by atoms with Crippen molar-refractivity contribution in [3.05, 3.63) is 96.6 Å². The Bertz CT molecular complexity index is 1350. The van der Waals surface area contributed by atoms with E-state index in [0.717, 1.165) is 4.90 Å². The van der Waals surface area contributed by atoms with E-state index in [2.05, 4.69) is 0 Å². The topological polar surface area (TPSA) is 137 Å². The summed E-state index contributed by atoms with van der Waals surface area (Å²) in [6.07, 6.45) is 1.40. The Kier molecular flexibility index (Phi) is 5.80. The molecular formula is C22H15N3O7S. The molecule has 1 saturated heterocycles. The lowest BCUT2D eigenvalue weighted by atomic mass is 10.1. The van der Waals surface area contributed by atoms with Crippen LogP contribution in [-0.4, -0.2) is 25.9 Å². The highest BCUT2D eigenvalue weighted by Crippen LogP contribution is 2.35. The van der Waals surface area contributed by atoms with E-state index in [-0.39, 0.29) is 34.1 Å². The van der Waals surface area contributed by atoms with Gasteiger partial charge in [-0.05, 0) is 30.8 Å². The zero-order valence-corrected chi connectivity index (χ0v) is 17.9. The molecule has 10 nitrogen and oxygen atoms in total. The molecule has 1 fully saturated rings. The number of furan rings is 1. The van der Waals surface area contributed by atoms with Crippen LogP contribution in [0, 0.1) is 27.2 Å². The van der Waals surface area contributed by atoms with Crippen molar-refractivity contribution in [3.63, 3.8) is 0 Å². The van der Waals surface area contributed by atoms with Crippen molar-refractivity contribution in [1.29, 1.82) is 0 Å². The number of amides is 2. The highest BCUT2D eigenvalue weighted by Gasteiger charge is 2.36. The normalized spacial score (nSPS) is 14.8. The van der Waals surface area contributed by atoms with E-state index in [9.17, 15) is 29.8 Å². The summed E-state index contributed by atoms with van der Waals surface area (Å²) in [6, 6.07) is 13.8. The molecule has 0 atom stereocenters. The van der Waals surface area contributed by atoms with Crippen LogP contribution in [0.1, 0.15) is 16.9 Å². The van der Waals surface area contributed by atoms with Crippen LogP contribution in [0.4, 0.5) is 16.2 Å².